The molecule has 0 aliphatic heterocycles. The Labute approximate surface area is 91.5 Å². The van der Waals surface area contributed by atoms with Crippen LogP contribution in [0.3, 0.4) is 0 Å². The molecular weight excluding hydrogens is 188 g/mol. The highest BCUT2D eigenvalue weighted by Gasteiger charge is 2.00. The topological polar surface area (TPSA) is 18.5 Å². The lowest BCUT2D eigenvalue weighted by molar-refractivity contribution is 0.0490. The monoisotopic (exact) mass is 206 g/mol. The quantitative estimate of drug-likeness (QED) is 0.703. The lowest BCUT2D eigenvalue weighted by Crippen LogP contribution is -1.97. The molecule has 0 saturated carbocycles. The van der Waals surface area contributed by atoms with Gasteiger partial charge in [0.2, 0.25) is 0 Å². The van der Waals surface area contributed by atoms with Crippen LogP contribution < -0.4 is 0 Å². The first kappa shape index (κ1) is 11.6. The Bertz CT molecular complexity index is 332. The van der Waals surface area contributed by atoms with Crippen molar-refractivity contribution < 1.29 is 9.47 Å². The van der Waals surface area contributed by atoms with E-state index in [4.69, 9.17) is 9.47 Å². The molecule has 0 bridgehead atoms. The smallest absolute Gasteiger partial charge is 0.277 e. The Morgan fingerprint density at radius 3 is 2.20 bits per heavy atom. The molecule has 0 atom stereocenters. The van der Waals surface area contributed by atoms with Gasteiger partial charge < -0.3 is 9.47 Å². The Kier molecular flexibility index (Phi) is 4.22. The third kappa shape index (κ3) is 3.66. The molecule has 0 heterocycles. The minimum atomic E-state index is 0.550. The number of rotatable bonds is 4. The van der Waals surface area contributed by atoms with Crippen molar-refractivity contribution in [1.29, 1.82) is 0 Å². The van der Waals surface area contributed by atoms with Gasteiger partial charge in [-0.1, -0.05) is 29.8 Å². The fourth-order valence-corrected chi connectivity index (χ4v) is 1.24. The first-order chi connectivity index (χ1) is 7.13. The van der Waals surface area contributed by atoms with E-state index in [1.165, 1.54) is 5.56 Å². The van der Waals surface area contributed by atoms with Crippen LogP contribution in [-0.2, 0) is 16.1 Å². The molecule has 0 amide bonds. The van der Waals surface area contributed by atoms with Crippen LogP contribution >= 0.6 is 0 Å². The molecule has 0 spiro atoms. The summed E-state index contributed by atoms with van der Waals surface area (Å²) < 4.78 is 10.7. The predicted octanol–water partition coefficient (Wildman–Crippen LogP) is 3.41. The van der Waals surface area contributed by atoms with E-state index in [9.17, 15) is 0 Å². The van der Waals surface area contributed by atoms with E-state index in [2.05, 4.69) is 31.2 Å². The van der Waals surface area contributed by atoms with E-state index in [1.807, 2.05) is 13.8 Å². The van der Waals surface area contributed by atoms with Crippen LogP contribution in [0.5, 0.6) is 0 Å². The van der Waals surface area contributed by atoms with Crippen LogP contribution in [0.25, 0.3) is 0 Å². The molecule has 0 unspecified atom stereocenters. The van der Waals surface area contributed by atoms with Crippen molar-refractivity contribution in [1.82, 2.24) is 0 Å². The van der Waals surface area contributed by atoms with Crippen molar-refractivity contribution in [3.63, 3.8) is 0 Å². The molecular formula is C13H18O2. The van der Waals surface area contributed by atoms with Gasteiger partial charge in [0, 0.05) is 5.57 Å². The van der Waals surface area contributed by atoms with Crippen molar-refractivity contribution in [3.8, 4) is 0 Å². The fraction of sp³-hybridized carbons (Fsp3) is 0.385. The standard InChI is InChI=1S/C13H18O2/c1-10(2)13(14-4)15-9-12-7-5-11(3)6-8-12/h5-8H,9H2,1-4H3. The highest BCUT2D eigenvalue weighted by atomic mass is 16.7. The number of ether oxygens (including phenoxy) is 2. The van der Waals surface area contributed by atoms with Crippen molar-refractivity contribution >= 4 is 0 Å². The van der Waals surface area contributed by atoms with E-state index in [0.29, 0.717) is 12.6 Å². The first-order valence-corrected chi connectivity index (χ1v) is 5.03. The van der Waals surface area contributed by atoms with E-state index < -0.39 is 0 Å². The maximum atomic E-state index is 5.54. The van der Waals surface area contributed by atoms with Gasteiger partial charge in [-0.25, -0.2) is 0 Å². The summed E-state index contributed by atoms with van der Waals surface area (Å²) in [4.78, 5) is 0. The van der Waals surface area contributed by atoms with Gasteiger partial charge in [0.05, 0.1) is 7.11 Å². The molecule has 2 heteroatoms. The first-order valence-electron chi connectivity index (χ1n) is 5.03. The second-order valence-electron chi connectivity index (χ2n) is 3.77. The van der Waals surface area contributed by atoms with Gasteiger partial charge in [-0.05, 0) is 26.3 Å². The maximum Gasteiger partial charge on any atom is 0.277 e. The molecule has 1 aromatic carbocycles. The van der Waals surface area contributed by atoms with E-state index in [-0.39, 0.29) is 0 Å². The molecule has 0 radical (unpaired) electrons. The van der Waals surface area contributed by atoms with Crippen LogP contribution in [0.1, 0.15) is 25.0 Å². The summed E-state index contributed by atoms with van der Waals surface area (Å²) in [5.41, 5.74) is 3.45. The number of hydrogen-bond donors (Lipinski definition) is 0. The van der Waals surface area contributed by atoms with Gasteiger partial charge in [0.25, 0.3) is 5.95 Å². The lowest BCUT2D eigenvalue weighted by atomic mass is 10.2. The van der Waals surface area contributed by atoms with Crippen LogP contribution in [-0.4, -0.2) is 7.11 Å². The molecule has 0 fully saturated rings. The third-order valence-corrected chi connectivity index (χ3v) is 2.08. The van der Waals surface area contributed by atoms with Crippen molar-refractivity contribution in [2.24, 2.45) is 0 Å². The SMILES string of the molecule is COC(OCc1ccc(C)cc1)=C(C)C. The molecule has 1 rings (SSSR count). The highest BCUT2D eigenvalue weighted by Crippen LogP contribution is 2.11. The van der Waals surface area contributed by atoms with E-state index >= 15 is 0 Å². The average Bonchev–Trinajstić information content (AvgIpc) is 2.21. The third-order valence-electron chi connectivity index (χ3n) is 2.08. The number of methoxy groups -OCH3 is 1. The molecule has 15 heavy (non-hydrogen) atoms. The predicted molar refractivity (Wildman–Crippen MR) is 61.4 cm³/mol. The van der Waals surface area contributed by atoms with Crippen LogP contribution in [0, 0.1) is 6.92 Å². The largest absolute Gasteiger partial charge is 0.469 e. The number of benzene rings is 1. The summed E-state index contributed by atoms with van der Waals surface area (Å²) in [5.74, 6) is 0.607. The second-order valence-corrected chi connectivity index (χ2v) is 3.77. The lowest BCUT2D eigenvalue weighted by Gasteiger charge is -2.10. The summed E-state index contributed by atoms with van der Waals surface area (Å²) in [6.45, 7) is 6.55. The molecule has 0 saturated heterocycles. The minimum absolute atomic E-state index is 0.550. The highest BCUT2D eigenvalue weighted by molar-refractivity contribution is 5.20. The van der Waals surface area contributed by atoms with Gasteiger partial charge in [-0.3, -0.25) is 0 Å². The van der Waals surface area contributed by atoms with Crippen LogP contribution in [0.4, 0.5) is 0 Å². The molecule has 0 aromatic heterocycles. The minimum Gasteiger partial charge on any atom is -0.469 e. The second kappa shape index (κ2) is 5.44. The number of hydrogen-bond acceptors (Lipinski definition) is 2. The van der Waals surface area contributed by atoms with Crippen LogP contribution in [0.15, 0.2) is 35.8 Å². The molecule has 2 nitrogen and oxygen atoms in total. The molecule has 0 N–H and O–H groups in total. The van der Waals surface area contributed by atoms with Crippen molar-refractivity contribution in [2.45, 2.75) is 27.4 Å². The molecule has 0 aliphatic carbocycles. The van der Waals surface area contributed by atoms with Gasteiger partial charge >= 0.3 is 0 Å². The Balaban J connectivity index is 2.57. The van der Waals surface area contributed by atoms with Gasteiger partial charge in [-0.2, -0.15) is 0 Å². The van der Waals surface area contributed by atoms with Gasteiger partial charge in [0.15, 0.2) is 0 Å². The number of allylic oxidation sites excluding steroid dienone is 1. The van der Waals surface area contributed by atoms with Crippen molar-refractivity contribution in [2.75, 3.05) is 7.11 Å². The normalized spacial score (nSPS) is 9.60. The van der Waals surface area contributed by atoms with Crippen LogP contribution in [0.2, 0.25) is 0 Å². The average molecular weight is 206 g/mol. The Hall–Kier alpha value is -1.44. The zero-order valence-electron chi connectivity index (χ0n) is 9.83. The zero-order valence-corrected chi connectivity index (χ0v) is 9.83. The summed E-state index contributed by atoms with van der Waals surface area (Å²) in [6, 6.07) is 8.28. The maximum absolute atomic E-state index is 5.54. The van der Waals surface area contributed by atoms with Gasteiger partial charge in [-0.15, -0.1) is 0 Å². The number of aryl methyl sites for hydroxylation is 1. The molecule has 0 aliphatic rings. The summed E-state index contributed by atoms with van der Waals surface area (Å²) in [5, 5.41) is 0. The summed E-state index contributed by atoms with van der Waals surface area (Å²) in [7, 11) is 1.62. The molecule has 1 aromatic rings. The fourth-order valence-electron chi connectivity index (χ4n) is 1.24. The van der Waals surface area contributed by atoms with E-state index in [0.717, 1.165) is 11.1 Å². The summed E-state index contributed by atoms with van der Waals surface area (Å²) in [6.07, 6.45) is 0. The van der Waals surface area contributed by atoms with E-state index in [1.54, 1.807) is 7.11 Å². The Morgan fingerprint density at radius 1 is 1.13 bits per heavy atom. The van der Waals surface area contributed by atoms with Crippen molar-refractivity contribution in [3.05, 3.63) is 46.9 Å². The molecule has 82 valence electrons. The zero-order chi connectivity index (χ0) is 11.3. The summed E-state index contributed by atoms with van der Waals surface area (Å²) >= 11 is 0. The Morgan fingerprint density at radius 2 is 1.73 bits per heavy atom. The van der Waals surface area contributed by atoms with Gasteiger partial charge in [0.1, 0.15) is 6.61 Å².